The molecule has 2 heterocycles. The van der Waals surface area contributed by atoms with Crippen molar-refractivity contribution in [2.45, 2.75) is 12.3 Å². The normalized spacial score (nSPS) is 12.0. The highest BCUT2D eigenvalue weighted by molar-refractivity contribution is 7.12. The van der Waals surface area contributed by atoms with Crippen LogP contribution in [0, 0.1) is 0 Å². The molecule has 0 fully saturated rings. The first kappa shape index (κ1) is 22.3. The quantitative estimate of drug-likeness (QED) is 0.284. The van der Waals surface area contributed by atoms with Crippen molar-refractivity contribution >= 4 is 68.8 Å². The first-order chi connectivity index (χ1) is 15.5. The van der Waals surface area contributed by atoms with E-state index in [1.807, 2.05) is 11.4 Å². The fourth-order valence-corrected chi connectivity index (χ4v) is 4.26. The third kappa shape index (κ3) is 4.78. The Morgan fingerprint density at radius 1 is 1.09 bits per heavy atom. The van der Waals surface area contributed by atoms with Crippen molar-refractivity contribution in [1.82, 2.24) is 10.2 Å². The molecule has 2 aromatic carbocycles. The predicted octanol–water partition coefficient (Wildman–Crippen LogP) is 5.25. The van der Waals surface area contributed by atoms with Gasteiger partial charge in [0.15, 0.2) is 5.82 Å². The molecular weight excluding hydrogens is 469 g/mol. The number of amides is 2. The van der Waals surface area contributed by atoms with Gasteiger partial charge in [-0.05, 0) is 60.3 Å². The highest BCUT2D eigenvalue weighted by Gasteiger charge is 2.21. The molecule has 10 heteroatoms. The molecule has 0 aliphatic heterocycles. The average molecular weight is 488 g/mol. The van der Waals surface area contributed by atoms with Crippen LogP contribution in [-0.2, 0) is 4.79 Å². The van der Waals surface area contributed by atoms with E-state index in [9.17, 15) is 9.59 Å². The Kier molecular flexibility index (Phi) is 6.76. The summed E-state index contributed by atoms with van der Waals surface area (Å²) in [5, 5.41) is 16.1. The number of fused-ring (bicyclic) bond motifs is 1. The molecular formula is C22H19Cl2N5O2S. The molecule has 2 aromatic heterocycles. The van der Waals surface area contributed by atoms with Gasteiger partial charge in [-0.3, -0.25) is 14.7 Å². The Morgan fingerprint density at radius 2 is 1.94 bits per heavy atom. The minimum absolute atomic E-state index is 0.221. The number of hydrogen-bond acceptors (Lipinski definition) is 5. The molecule has 0 radical (unpaired) electrons. The summed E-state index contributed by atoms with van der Waals surface area (Å²) in [4.78, 5) is 26.0. The zero-order valence-electron chi connectivity index (χ0n) is 16.7. The van der Waals surface area contributed by atoms with Gasteiger partial charge in [0.1, 0.15) is 0 Å². The Balaban J connectivity index is 1.56. The summed E-state index contributed by atoms with van der Waals surface area (Å²) in [7, 11) is 0. The number of carbonyl (C=O) groups excluding carboxylic acids is 2. The Morgan fingerprint density at radius 3 is 2.66 bits per heavy atom. The van der Waals surface area contributed by atoms with Gasteiger partial charge in [0.25, 0.3) is 5.91 Å². The van der Waals surface area contributed by atoms with Gasteiger partial charge in [-0.15, -0.1) is 11.3 Å². The minimum Gasteiger partial charge on any atom is -0.330 e. The number of aromatic amines is 1. The number of benzene rings is 2. The lowest BCUT2D eigenvalue weighted by Crippen LogP contribution is -2.23. The molecule has 164 valence electrons. The summed E-state index contributed by atoms with van der Waals surface area (Å²) in [5.41, 5.74) is 7.77. The molecule has 0 saturated heterocycles. The van der Waals surface area contributed by atoms with Gasteiger partial charge >= 0.3 is 0 Å². The van der Waals surface area contributed by atoms with E-state index in [2.05, 4.69) is 20.8 Å². The van der Waals surface area contributed by atoms with E-state index in [0.29, 0.717) is 44.8 Å². The van der Waals surface area contributed by atoms with Crippen molar-refractivity contribution in [2.24, 2.45) is 5.73 Å². The molecule has 32 heavy (non-hydrogen) atoms. The second-order valence-corrected chi connectivity index (χ2v) is 8.82. The van der Waals surface area contributed by atoms with E-state index in [1.165, 1.54) is 11.3 Å². The van der Waals surface area contributed by atoms with E-state index in [4.69, 9.17) is 28.9 Å². The van der Waals surface area contributed by atoms with E-state index in [1.54, 1.807) is 42.5 Å². The number of nitrogens with two attached hydrogens (primary N) is 1. The molecule has 0 aliphatic rings. The maximum absolute atomic E-state index is 13.1. The van der Waals surface area contributed by atoms with Crippen LogP contribution in [0.3, 0.4) is 0 Å². The lowest BCUT2D eigenvalue weighted by Gasteiger charge is -2.17. The number of hydrogen-bond donors (Lipinski definition) is 4. The molecule has 0 spiro atoms. The van der Waals surface area contributed by atoms with Crippen molar-refractivity contribution in [1.29, 1.82) is 0 Å². The summed E-state index contributed by atoms with van der Waals surface area (Å²) in [6, 6.07) is 14.0. The lowest BCUT2D eigenvalue weighted by atomic mass is 9.94. The fraction of sp³-hybridized carbons (Fsp3) is 0.136. The van der Waals surface area contributed by atoms with Crippen LogP contribution in [0.25, 0.3) is 10.9 Å². The van der Waals surface area contributed by atoms with Gasteiger partial charge in [0.2, 0.25) is 5.91 Å². The molecule has 0 bridgehead atoms. The van der Waals surface area contributed by atoms with Gasteiger partial charge < -0.3 is 16.4 Å². The second-order valence-electron chi connectivity index (χ2n) is 7.06. The summed E-state index contributed by atoms with van der Waals surface area (Å²) < 4.78 is 0. The first-order valence-electron chi connectivity index (χ1n) is 9.75. The fourth-order valence-electron chi connectivity index (χ4n) is 3.34. The zero-order valence-corrected chi connectivity index (χ0v) is 19.0. The molecule has 4 rings (SSSR count). The number of carbonyl (C=O) groups is 2. The van der Waals surface area contributed by atoms with Crippen molar-refractivity contribution in [3.63, 3.8) is 0 Å². The van der Waals surface area contributed by atoms with E-state index < -0.39 is 5.92 Å². The first-order valence-corrected chi connectivity index (χ1v) is 11.4. The van der Waals surface area contributed by atoms with Gasteiger partial charge in [0.05, 0.1) is 26.4 Å². The maximum Gasteiger partial charge on any atom is 0.266 e. The third-order valence-electron chi connectivity index (χ3n) is 4.93. The molecule has 5 N–H and O–H groups in total. The van der Waals surface area contributed by atoms with Crippen molar-refractivity contribution in [2.75, 3.05) is 17.2 Å². The number of rotatable bonds is 7. The molecule has 0 aliphatic carbocycles. The number of H-pyrrole nitrogens is 1. The number of thiophene rings is 1. The smallest absolute Gasteiger partial charge is 0.266 e. The molecule has 1 unspecified atom stereocenters. The van der Waals surface area contributed by atoms with E-state index >= 15 is 0 Å². The predicted molar refractivity (Wildman–Crippen MR) is 130 cm³/mol. The van der Waals surface area contributed by atoms with Crippen LogP contribution in [0.2, 0.25) is 10.0 Å². The van der Waals surface area contributed by atoms with Crippen LogP contribution in [0.4, 0.5) is 11.5 Å². The van der Waals surface area contributed by atoms with Crippen molar-refractivity contribution in [3.05, 3.63) is 74.4 Å². The van der Waals surface area contributed by atoms with Crippen LogP contribution < -0.4 is 16.4 Å². The minimum atomic E-state index is -0.493. The van der Waals surface area contributed by atoms with Crippen molar-refractivity contribution < 1.29 is 9.59 Å². The standard InChI is InChI=1S/C22H19Cl2N5O2S/c23-16-5-3-12(10-17(16)24)14(7-8-25)21(30)26-13-4-6-18-15(11-13)20(29-28-18)27-22(31)19-2-1-9-32-19/h1-6,9-11,14H,7-8,25H2,(H,26,30)(H2,27,28,29,31). The van der Waals surface area contributed by atoms with Crippen LogP contribution in [0.1, 0.15) is 27.6 Å². The number of aromatic nitrogens is 2. The maximum atomic E-state index is 13.1. The van der Waals surface area contributed by atoms with Gasteiger partial charge in [0, 0.05) is 11.1 Å². The summed E-state index contributed by atoms with van der Waals surface area (Å²) in [6.45, 7) is 0.331. The topological polar surface area (TPSA) is 113 Å². The van der Waals surface area contributed by atoms with Crippen LogP contribution in [-0.4, -0.2) is 28.6 Å². The monoisotopic (exact) mass is 487 g/mol. The zero-order chi connectivity index (χ0) is 22.7. The highest BCUT2D eigenvalue weighted by Crippen LogP contribution is 2.30. The summed E-state index contributed by atoms with van der Waals surface area (Å²) in [5.74, 6) is -0.573. The SMILES string of the molecule is NCCC(C(=O)Nc1ccc2[nH]nc(NC(=O)c3cccs3)c2c1)c1ccc(Cl)c(Cl)c1. The third-order valence-corrected chi connectivity index (χ3v) is 6.53. The van der Waals surface area contributed by atoms with Crippen LogP contribution >= 0.6 is 34.5 Å². The van der Waals surface area contributed by atoms with Crippen LogP contribution in [0.15, 0.2) is 53.9 Å². The number of nitrogens with zero attached hydrogens (tertiary/aromatic N) is 1. The van der Waals surface area contributed by atoms with E-state index in [0.717, 1.165) is 11.1 Å². The number of halogens is 2. The van der Waals surface area contributed by atoms with Crippen LogP contribution in [0.5, 0.6) is 0 Å². The average Bonchev–Trinajstić information content (AvgIpc) is 3.45. The summed E-state index contributed by atoms with van der Waals surface area (Å²) >= 11 is 13.5. The Hall–Kier alpha value is -2.91. The second kappa shape index (κ2) is 9.70. The summed E-state index contributed by atoms with van der Waals surface area (Å²) in [6.07, 6.45) is 0.444. The van der Waals surface area contributed by atoms with E-state index in [-0.39, 0.29) is 11.8 Å². The Bertz CT molecular complexity index is 1270. The van der Waals surface area contributed by atoms with Gasteiger partial charge in [-0.25, -0.2) is 0 Å². The molecule has 4 aromatic rings. The van der Waals surface area contributed by atoms with Gasteiger partial charge in [-0.1, -0.05) is 35.3 Å². The molecule has 7 nitrogen and oxygen atoms in total. The van der Waals surface area contributed by atoms with Crippen molar-refractivity contribution in [3.8, 4) is 0 Å². The number of anilines is 2. The largest absolute Gasteiger partial charge is 0.330 e. The lowest BCUT2D eigenvalue weighted by molar-refractivity contribution is -0.117. The number of nitrogens with one attached hydrogen (secondary N) is 3. The molecule has 0 saturated carbocycles. The molecule has 2 amide bonds. The van der Waals surface area contributed by atoms with Gasteiger partial charge in [-0.2, -0.15) is 5.10 Å². The molecule has 1 atom stereocenters. The highest BCUT2D eigenvalue weighted by atomic mass is 35.5. The Labute approximate surface area is 197 Å².